The van der Waals surface area contributed by atoms with E-state index in [1.54, 1.807) is 0 Å². The summed E-state index contributed by atoms with van der Waals surface area (Å²) in [5.41, 5.74) is -0.262. The maximum atomic E-state index is 13.2. The van der Waals surface area contributed by atoms with Crippen molar-refractivity contribution in [3.8, 4) is 0 Å². The molecule has 0 fully saturated rings. The second kappa shape index (κ2) is 8.34. The van der Waals surface area contributed by atoms with Crippen LogP contribution in [-0.2, 0) is 11.8 Å². The quantitative estimate of drug-likeness (QED) is 0.533. The summed E-state index contributed by atoms with van der Waals surface area (Å²) in [5, 5.41) is 11.1. The first-order chi connectivity index (χ1) is 12.3. The number of nitrogens with one attached hydrogen (secondary N) is 3. The molecule has 140 valence electrons. The third-order valence-electron chi connectivity index (χ3n) is 3.19. The van der Waals surface area contributed by atoms with Gasteiger partial charge in [0.1, 0.15) is 5.69 Å². The summed E-state index contributed by atoms with van der Waals surface area (Å²) < 4.78 is 45.3. The topological polar surface area (TPSA) is 97.3 Å². The van der Waals surface area contributed by atoms with Gasteiger partial charge in [0, 0.05) is 44.6 Å². The van der Waals surface area contributed by atoms with Crippen LogP contribution >= 0.6 is 0 Å². The van der Waals surface area contributed by atoms with Gasteiger partial charge in [-0.25, -0.2) is 18.0 Å². The molecule has 0 saturated heterocycles. The number of carbonyl (C=O) groups is 2. The number of hydrogen-bond donors (Lipinski definition) is 3. The molecule has 8 nitrogen and oxygen atoms in total. The average Bonchev–Trinajstić information content (AvgIpc) is 2.93. The fourth-order valence-electron chi connectivity index (χ4n) is 1.99. The van der Waals surface area contributed by atoms with E-state index in [9.17, 15) is 22.8 Å². The van der Waals surface area contributed by atoms with Gasteiger partial charge in [-0.15, -0.1) is 0 Å². The lowest BCUT2D eigenvalue weighted by atomic mass is 10.2. The van der Waals surface area contributed by atoms with Crippen molar-refractivity contribution in [2.24, 2.45) is 7.05 Å². The predicted octanol–water partition coefficient (Wildman–Crippen LogP) is 1.86. The van der Waals surface area contributed by atoms with E-state index in [1.165, 1.54) is 20.2 Å². The summed E-state index contributed by atoms with van der Waals surface area (Å²) in [4.78, 5) is 23.8. The van der Waals surface area contributed by atoms with Gasteiger partial charge in [-0.2, -0.15) is 5.10 Å². The molecule has 1 heterocycles. The number of carbonyl (C=O) groups excluding carboxylic acids is 2. The minimum Gasteiger partial charge on any atom is -0.383 e. The van der Waals surface area contributed by atoms with Gasteiger partial charge < -0.3 is 15.4 Å². The fraction of sp³-hybridized carbons (Fsp3) is 0.267. The number of aromatic nitrogens is 2. The van der Waals surface area contributed by atoms with Crippen LogP contribution in [0.3, 0.4) is 0 Å². The van der Waals surface area contributed by atoms with Gasteiger partial charge in [0.15, 0.2) is 23.3 Å². The van der Waals surface area contributed by atoms with Crippen LogP contribution in [0.2, 0.25) is 0 Å². The molecular weight excluding hydrogens is 355 g/mol. The van der Waals surface area contributed by atoms with Crippen LogP contribution in [-0.4, -0.2) is 42.0 Å². The smallest absolute Gasteiger partial charge is 0.320 e. The minimum atomic E-state index is -1.63. The van der Waals surface area contributed by atoms with Gasteiger partial charge in [0.05, 0.1) is 6.61 Å². The summed E-state index contributed by atoms with van der Waals surface area (Å²) in [6.45, 7) is 0.609. The summed E-state index contributed by atoms with van der Waals surface area (Å²) in [7, 11) is 2.93. The molecule has 26 heavy (non-hydrogen) atoms. The molecule has 3 amide bonds. The highest BCUT2D eigenvalue weighted by molar-refractivity contribution is 6.04. The van der Waals surface area contributed by atoms with Gasteiger partial charge in [-0.05, 0) is 0 Å². The van der Waals surface area contributed by atoms with Crippen LogP contribution in [0.15, 0.2) is 18.2 Å². The number of amides is 3. The third kappa shape index (κ3) is 4.72. The monoisotopic (exact) mass is 371 g/mol. The molecule has 0 saturated carbocycles. The highest BCUT2D eigenvalue weighted by Crippen LogP contribution is 2.18. The second-order valence-electron chi connectivity index (χ2n) is 5.12. The van der Waals surface area contributed by atoms with E-state index in [0.29, 0.717) is 18.7 Å². The number of halogens is 3. The van der Waals surface area contributed by atoms with E-state index in [2.05, 4.69) is 21.0 Å². The van der Waals surface area contributed by atoms with E-state index >= 15 is 0 Å². The third-order valence-corrected chi connectivity index (χ3v) is 3.19. The molecule has 0 atom stereocenters. The minimum absolute atomic E-state index is 0.00216. The number of anilines is 2. The number of nitrogens with zero attached hydrogens (tertiary/aromatic N) is 2. The SMILES string of the molecule is COCCNC(=O)Nc1cc(C(=O)Nc2cc(F)c(F)c(F)c2)n(C)n1. The molecule has 1 aromatic carbocycles. The van der Waals surface area contributed by atoms with Crippen LogP contribution in [0, 0.1) is 17.5 Å². The van der Waals surface area contributed by atoms with Crippen LogP contribution in [0.1, 0.15) is 10.5 Å². The van der Waals surface area contributed by atoms with Crippen LogP contribution in [0.5, 0.6) is 0 Å². The number of hydrogen-bond acceptors (Lipinski definition) is 4. The van der Waals surface area contributed by atoms with Crippen molar-refractivity contribution in [2.45, 2.75) is 0 Å². The van der Waals surface area contributed by atoms with E-state index < -0.39 is 29.4 Å². The molecular formula is C15H16F3N5O3. The molecule has 0 radical (unpaired) electrons. The van der Waals surface area contributed by atoms with Crippen LogP contribution in [0.4, 0.5) is 29.5 Å². The van der Waals surface area contributed by atoms with Crippen molar-refractivity contribution in [1.82, 2.24) is 15.1 Å². The summed E-state index contributed by atoms with van der Waals surface area (Å²) in [5.74, 6) is -5.16. The number of urea groups is 1. The van der Waals surface area contributed by atoms with Crippen molar-refractivity contribution in [3.63, 3.8) is 0 Å². The summed E-state index contributed by atoms with van der Waals surface area (Å²) in [6.07, 6.45) is 0. The summed E-state index contributed by atoms with van der Waals surface area (Å²) in [6, 6.07) is 2.01. The first-order valence-electron chi connectivity index (χ1n) is 7.35. The molecule has 0 aliphatic rings. The Balaban J connectivity index is 2.06. The van der Waals surface area contributed by atoms with Gasteiger partial charge in [-0.1, -0.05) is 0 Å². The number of rotatable bonds is 6. The lowest BCUT2D eigenvalue weighted by Gasteiger charge is -2.06. The summed E-state index contributed by atoms with van der Waals surface area (Å²) >= 11 is 0. The average molecular weight is 371 g/mol. The Hall–Kier alpha value is -3.08. The maximum Gasteiger partial charge on any atom is 0.320 e. The Morgan fingerprint density at radius 3 is 2.42 bits per heavy atom. The number of ether oxygens (including phenoxy) is 1. The lowest BCUT2D eigenvalue weighted by molar-refractivity contribution is 0.101. The second-order valence-corrected chi connectivity index (χ2v) is 5.12. The largest absolute Gasteiger partial charge is 0.383 e. The zero-order chi connectivity index (χ0) is 19.3. The standard InChI is InChI=1S/C15H16F3N5O3/c1-23-11(7-12(22-23)21-15(25)19-3-4-26-2)14(24)20-8-5-9(16)13(18)10(17)6-8/h5-7H,3-4H2,1-2H3,(H,20,24)(H2,19,21,22,25). The Bertz CT molecular complexity index is 802. The predicted molar refractivity (Wildman–Crippen MR) is 86.4 cm³/mol. The molecule has 1 aromatic heterocycles. The van der Waals surface area contributed by atoms with Crippen molar-refractivity contribution < 1.29 is 27.5 Å². The van der Waals surface area contributed by atoms with Gasteiger partial charge in [-0.3, -0.25) is 14.8 Å². The van der Waals surface area contributed by atoms with E-state index in [0.717, 1.165) is 4.68 Å². The zero-order valence-corrected chi connectivity index (χ0v) is 13.9. The van der Waals surface area contributed by atoms with Crippen LogP contribution < -0.4 is 16.0 Å². The highest BCUT2D eigenvalue weighted by atomic mass is 19.2. The van der Waals surface area contributed by atoms with Crippen molar-refractivity contribution in [1.29, 1.82) is 0 Å². The molecule has 2 aromatic rings. The Morgan fingerprint density at radius 2 is 1.81 bits per heavy atom. The highest BCUT2D eigenvalue weighted by Gasteiger charge is 2.17. The van der Waals surface area contributed by atoms with E-state index in [-0.39, 0.29) is 23.7 Å². The Kier molecular flexibility index (Phi) is 6.17. The van der Waals surface area contributed by atoms with Gasteiger partial charge in [0.2, 0.25) is 0 Å². The normalized spacial score (nSPS) is 10.5. The lowest BCUT2D eigenvalue weighted by Crippen LogP contribution is -2.31. The molecule has 2 rings (SSSR count). The van der Waals surface area contributed by atoms with Crippen LogP contribution in [0.25, 0.3) is 0 Å². The first kappa shape index (κ1) is 19.2. The van der Waals surface area contributed by atoms with E-state index in [4.69, 9.17) is 4.74 Å². The first-order valence-corrected chi connectivity index (χ1v) is 7.35. The molecule has 0 bridgehead atoms. The molecule has 0 unspecified atom stereocenters. The molecule has 0 aliphatic heterocycles. The Labute approximate surface area is 146 Å². The number of aryl methyl sites for hydroxylation is 1. The molecule has 0 spiro atoms. The van der Waals surface area contributed by atoms with Crippen molar-refractivity contribution in [2.75, 3.05) is 30.9 Å². The van der Waals surface area contributed by atoms with E-state index in [1.807, 2.05) is 0 Å². The number of benzene rings is 1. The Morgan fingerprint density at radius 1 is 1.15 bits per heavy atom. The fourth-order valence-corrected chi connectivity index (χ4v) is 1.99. The van der Waals surface area contributed by atoms with Gasteiger partial charge in [0.25, 0.3) is 5.91 Å². The number of methoxy groups -OCH3 is 1. The molecule has 11 heteroatoms. The zero-order valence-electron chi connectivity index (χ0n) is 13.9. The maximum absolute atomic E-state index is 13.2. The molecule has 0 aliphatic carbocycles. The van der Waals surface area contributed by atoms with Crippen molar-refractivity contribution >= 4 is 23.4 Å². The van der Waals surface area contributed by atoms with Gasteiger partial charge >= 0.3 is 6.03 Å². The molecule has 3 N–H and O–H groups in total. The van der Waals surface area contributed by atoms with Crippen molar-refractivity contribution in [3.05, 3.63) is 41.3 Å².